The number of rotatable bonds is 8. The maximum Gasteiger partial charge on any atom is 0.123 e. The molecular formula is C13H19ClFNO2. The summed E-state index contributed by atoms with van der Waals surface area (Å²) in [6.07, 6.45) is 0.625. The van der Waals surface area contributed by atoms with Crippen molar-refractivity contribution in [2.24, 2.45) is 0 Å². The topological polar surface area (TPSA) is 30.5 Å². The first-order valence-corrected chi connectivity index (χ1v) is 6.23. The van der Waals surface area contributed by atoms with Crippen molar-refractivity contribution in [1.82, 2.24) is 5.32 Å². The van der Waals surface area contributed by atoms with Gasteiger partial charge < -0.3 is 14.8 Å². The van der Waals surface area contributed by atoms with E-state index in [0.717, 1.165) is 5.56 Å². The quantitative estimate of drug-likeness (QED) is 0.739. The number of hydrogen-bond acceptors (Lipinski definition) is 3. The van der Waals surface area contributed by atoms with Crippen molar-refractivity contribution in [3.63, 3.8) is 0 Å². The van der Waals surface area contributed by atoms with Crippen LogP contribution in [0.2, 0.25) is 5.02 Å². The van der Waals surface area contributed by atoms with Crippen LogP contribution in [0.15, 0.2) is 18.2 Å². The highest BCUT2D eigenvalue weighted by Crippen LogP contribution is 2.18. The molecule has 0 aromatic heterocycles. The zero-order chi connectivity index (χ0) is 13.4. The molecule has 0 amide bonds. The average molecular weight is 276 g/mol. The minimum atomic E-state index is -0.274. The van der Waals surface area contributed by atoms with Crippen LogP contribution in [0.3, 0.4) is 0 Å². The van der Waals surface area contributed by atoms with Crippen LogP contribution in [0.5, 0.6) is 0 Å². The van der Waals surface area contributed by atoms with Gasteiger partial charge in [-0.15, -0.1) is 0 Å². The summed E-state index contributed by atoms with van der Waals surface area (Å²) in [5.41, 5.74) is 0.784. The summed E-state index contributed by atoms with van der Waals surface area (Å²) in [6, 6.07) is 4.49. The molecule has 0 bridgehead atoms. The molecular weight excluding hydrogens is 257 g/mol. The SMILES string of the molecule is CNC(COCCOC)Cc1cc(F)ccc1Cl. The summed E-state index contributed by atoms with van der Waals surface area (Å²) < 4.78 is 23.5. The highest BCUT2D eigenvalue weighted by molar-refractivity contribution is 6.31. The highest BCUT2D eigenvalue weighted by Gasteiger charge is 2.11. The van der Waals surface area contributed by atoms with E-state index in [1.54, 1.807) is 13.2 Å². The molecule has 1 aromatic carbocycles. The molecule has 1 unspecified atom stereocenters. The lowest BCUT2D eigenvalue weighted by atomic mass is 10.1. The molecule has 0 saturated carbocycles. The number of ether oxygens (including phenoxy) is 2. The van der Waals surface area contributed by atoms with E-state index in [4.69, 9.17) is 21.1 Å². The smallest absolute Gasteiger partial charge is 0.123 e. The molecule has 0 aliphatic rings. The largest absolute Gasteiger partial charge is 0.382 e. The van der Waals surface area contributed by atoms with Gasteiger partial charge in [0.1, 0.15) is 5.82 Å². The minimum Gasteiger partial charge on any atom is -0.382 e. The normalized spacial score (nSPS) is 12.7. The molecule has 0 aliphatic heterocycles. The van der Waals surface area contributed by atoms with Gasteiger partial charge in [-0.1, -0.05) is 11.6 Å². The van der Waals surface area contributed by atoms with Gasteiger partial charge in [0.25, 0.3) is 0 Å². The van der Waals surface area contributed by atoms with Gasteiger partial charge in [-0.25, -0.2) is 4.39 Å². The number of nitrogens with one attached hydrogen (secondary N) is 1. The number of hydrogen-bond donors (Lipinski definition) is 1. The average Bonchev–Trinajstić information content (AvgIpc) is 2.37. The monoisotopic (exact) mass is 275 g/mol. The highest BCUT2D eigenvalue weighted by atomic mass is 35.5. The molecule has 5 heteroatoms. The summed E-state index contributed by atoms with van der Waals surface area (Å²) >= 11 is 6.03. The van der Waals surface area contributed by atoms with E-state index in [1.165, 1.54) is 12.1 Å². The Morgan fingerprint density at radius 3 is 2.83 bits per heavy atom. The summed E-state index contributed by atoms with van der Waals surface area (Å²) in [4.78, 5) is 0. The Balaban J connectivity index is 2.48. The molecule has 0 saturated heterocycles. The predicted octanol–water partition coefficient (Wildman–Crippen LogP) is 2.27. The van der Waals surface area contributed by atoms with E-state index in [1.807, 2.05) is 7.05 Å². The predicted molar refractivity (Wildman–Crippen MR) is 70.7 cm³/mol. The lowest BCUT2D eigenvalue weighted by molar-refractivity contribution is 0.0598. The second-order valence-corrected chi connectivity index (χ2v) is 4.40. The number of benzene rings is 1. The molecule has 0 spiro atoms. The van der Waals surface area contributed by atoms with Crippen LogP contribution in [0.25, 0.3) is 0 Å². The fourth-order valence-electron chi connectivity index (χ4n) is 1.58. The first-order chi connectivity index (χ1) is 8.67. The van der Waals surface area contributed by atoms with Gasteiger partial charge in [0.15, 0.2) is 0 Å². The fourth-order valence-corrected chi connectivity index (χ4v) is 1.77. The lowest BCUT2D eigenvalue weighted by Crippen LogP contribution is -2.33. The molecule has 1 rings (SSSR count). The number of methoxy groups -OCH3 is 1. The van der Waals surface area contributed by atoms with Gasteiger partial charge in [0, 0.05) is 18.2 Å². The van der Waals surface area contributed by atoms with Crippen LogP contribution < -0.4 is 5.32 Å². The Bertz CT molecular complexity index is 363. The lowest BCUT2D eigenvalue weighted by Gasteiger charge is -2.17. The van der Waals surface area contributed by atoms with E-state index in [-0.39, 0.29) is 11.9 Å². The van der Waals surface area contributed by atoms with Gasteiger partial charge in [-0.05, 0) is 37.2 Å². The van der Waals surface area contributed by atoms with Crippen LogP contribution >= 0.6 is 11.6 Å². The van der Waals surface area contributed by atoms with Gasteiger partial charge in [-0.2, -0.15) is 0 Å². The van der Waals surface area contributed by atoms with Crippen molar-refractivity contribution >= 4 is 11.6 Å². The Hall–Kier alpha value is -0.680. The minimum absolute atomic E-state index is 0.0983. The first-order valence-electron chi connectivity index (χ1n) is 5.85. The van der Waals surface area contributed by atoms with Crippen molar-refractivity contribution < 1.29 is 13.9 Å². The zero-order valence-electron chi connectivity index (χ0n) is 10.7. The van der Waals surface area contributed by atoms with Crippen molar-refractivity contribution in [3.8, 4) is 0 Å². The first kappa shape index (κ1) is 15.4. The maximum atomic E-state index is 13.1. The van der Waals surface area contributed by atoms with Crippen molar-refractivity contribution in [2.45, 2.75) is 12.5 Å². The molecule has 1 N–H and O–H groups in total. The Morgan fingerprint density at radius 1 is 1.39 bits per heavy atom. The summed E-state index contributed by atoms with van der Waals surface area (Å²) in [6.45, 7) is 1.65. The molecule has 0 fully saturated rings. The summed E-state index contributed by atoms with van der Waals surface area (Å²) in [5.74, 6) is -0.274. The third-order valence-electron chi connectivity index (χ3n) is 2.63. The summed E-state index contributed by atoms with van der Waals surface area (Å²) in [7, 11) is 3.48. The van der Waals surface area contributed by atoms with E-state index in [2.05, 4.69) is 5.32 Å². The van der Waals surface area contributed by atoms with Gasteiger partial charge in [-0.3, -0.25) is 0 Å². The van der Waals surface area contributed by atoms with Crippen LogP contribution in [-0.4, -0.2) is 40.0 Å². The van der Waals surface area contributed by atoms with Gasteiger partial charge in [0.05, 0.1) is 19.8 Å². The second kappa shape index (κ2) is 8.43. The van der Waals surface area contributed by atoms with E-state index >= 15 is 0 Å². The molecule has 0 radical (unpaired) electrons. The molecule has 3 nitrogen and oxygen atoms in total. The van der Waals surface area contributed by atoms with E-state index in [0.29, 0.717) is 31.3 Å². The molecule has 1 atom stereocenters. The zero-order valence-corrected chi connectivity index (χ0v) is 11.5. The van der Waals surface area contributed by atoms with Crippen LogP contribution in [-0.2, 0) is 15.9 Å². The molecule has 102 valence electrons. The fraction of sp³-hybridized carbons (Fsp3) is 0.538. The Kier molecular flexibility index (Phi) is 7.20. The van der Waals surface area contributed by atoms with Crippen molar-refractivity contribution in [2.75, 3.05) is 34.0 Å². The van der Waals surface area contributed by atoms with Crippen molar-refractivity contribution in [3.05, 3.63) is 34.6 Å². The molecule has 1 aromatic rings. The van der Waals surface area contributed by atoms with Crippen LogP contribution in [0, 0.1) is 5.82 Å². The van der Waals surface area contributed by atoms with Crippen LogP contribution in [0.1, 0.15) is 5.56 Å². The third-order valence-corrected chi connectivity index (χ3v) is 3.00. The molecule has 18 heavy (non-hydrogen) atoms. The van der Waals surface area contributed by atoms with E-state index in [9.17, 15) is 4.39 Å². The maximum absolute atomic E-state index is 13.1. The van der Waals surface area contributed by atoms with Crippen molar-refractivity contribution in [1.29, 1.82) is 0 Å². The molecule has 0 heterocycles. The van der Waals surface area contributed by atoms with Gasteiger partial charge in [0.2, 0.25) is 0 Å². The molecule has 0 aliphatic carbocycles. The van der Waals surface area contributed by atoms with E-state index < -0.39 is 0 Å². The van der Waals surface area contributed by atoms with Gasteiger partial charge >= 0.3 is 0 Å². The second-order valence-electron chi connectivity index (χ2n) is 3.99. The standard InChI is InChI=1S/C13H19ClFNO2/c1-16-12(9-18-6-5-17-2)8-10-7-11(15)3-4-13(10)14/h3-4,7,12,16H,5-6,8-9H2,1-2H3. The summed E-state index contributed by atoms with van der Waals surface area (Å²) in [5, 5.41) is 3.70. The third kappa shape index (κ3) is 5.31. The Morgan fingerprint density at radius 2 is 2.17 bits per heavy atom. The number of halogens is 2. The van der Waals surface area contributed by atoms with Crippen LogP contribution in [0.4, 0.5) is 4.39 Å². The number of likely N-dealkylation sites (N-methyl/N-ethyl adjacent to an activating group) is 1. The Labute approximate surface area is 112 Å².